The Hall–Kier alpha value is -1.20. The van der Waals surface area contributed by atoms with Crippen molar-refractivity contribution in [3.05, 3.63) is 33.8 Å². The zero-order chi connectivity index (χ0) is 12.3. The van der Waals surface area contributed by atoms with Crippen LogP contribution >= 0.6 is 15.9 Å². The molecule has 5 heteroatoms. The zero-order valence-electron chi connectivity index (χ0n) is 8.61. The molecule has 1 atom stereocenters. The SMILES string of the molecule is CCC(=O)c1c(Br)cccc1C(O)C(=O)O. The van der Waals surface area contributed by atoms with Gasteiger partial charge in [0.15, 0.2) is 11.9 Å². The van der Waals surface area contributed by atoms with Gasteiger partial charge in [-0.2, -0.15) is 0 Å². The highest BCUT2D eigenvalue weighted by atomic mass is 79.9. The summed E-state index contributed by atoms with van der Waals surface area (Å²) < 4.78 is 0.497. The number of halogens is 1. The molecule has 4 nitrogen and oxygen atoms in total. The van der Waals surface area contributed by atoms with Crippen molar-refractivity contribution in [2.45, 2.75) is 19.4 Å². The summed E-state index contributed by atoms with van der Waals surface area (Å²) in [6.07, 6.45) is -1.43. The number of hydrogen-bond acceptors (Lipinski definition) is 3. The van der Waals surface area contributed by atoms with Gasteiger partial charge >= 0.3 is 5.97 Å². The fraction of sp³-hybridized carbons (Fsp3) is 0.273. The third-order valence-electron chi connectivity index (χ3n) is 2.17. The molecule has 1 aromatic rings. The number of aliphatic carboxylic acids is 1. The maximum Gasteiger partial charge on any atom is 0.337 e. The quantitative estimate of drug-likeness (QED) is 0.832. The van der Waals surface area contributed by atoms with E-state index in [0.29, 0.717) is 4.47 Å². The van der Waals surface area contributed by atoms with E-state index < -0.39 is 12.1 Å². The summed E-state index contributed by atoms with van der Waals surface area (Å²) in [6.45, 7) is 1.68. The van der Waals surface area contributed by atoms with Gasteiger partial charge in [-0.3, -0.25) is 4.79 Å². The van der Waals surface area contributed by atoms with Crippen molar-refractivity contribution in [1.29, 1.82) is 0 Å². The highest BCUT2D eigenvalue weighted by molar-refractivity contribution is 9.10. The van der Waals surface area contributed by atoms with Gasteiger partial charge in [0.25, 0.3) is 0 Å². The van der Waals surface area contributed by atoms with Crippen LogP contribution in [0.1, 0.15) is 35.4 Å². The van der Waals surface area contributed by atoms with Crippen molar-refractivity contribution in [2.75, 3.05) is 0 Å². The summed E-state index contributed by atoms with van der Waals surface area (Å²) in [5.41, 5.74) is 0.355. The lowest BCUT2D eigenvalue weighted by Gasteiger charge is -2.12. The van der Waals surface area contributed by atoms with Gasteiger partial charge < -0.3 is 10.2 Å². The van der Waals surface area contributed by atoms with Crippen LogP contribution in [0.3, 0.4) is 0 Å². The number of carboxylic acid groups (broad SMARTS) is 1. The predicted octanol–water partition coefficient (Wildman–Crippen LogP) is 2.16. The molecule has 16 heavy (non-hydrogen) atoms. The Morgan fingerprint density at radius 2 is 2.06 bits per heavy atom. The standard InChI is InChI=1S/C11H11BrO4/c1-2-8(13)9-6(10(14)11(15)16)4-3-5-7(9)12/h3-5,10,14H,2H2,1H3,(H,15,16). The van der Waals surface area contributed by atoms with Crippen molar-refractivity contribution in [1.82, 2.24) is 0 Å². The average Bonchev–Trinajstić information content (AvgIpc) is 2.26. The molecular formula is C11H11BrO4. The van der Waals surface area contributed by atoms with Crippen LogP contribution in [0, 0.1) is 0 Å². The molecule has 0 aliphatic rings. The molecule has 0 radical (unpaired) electrons. The van der Waals surface area contributed by atoms with E-state index in [0.717, 1.165) is 0 Å². The second kappa shape index (κ2) is 5.23. The molecule has 0 aromatic heterocycles. The minimum atomic E-state index is -1.68. The molecule has 0 saturated heterocycles. The number of Topliss-reactive ketones (excluding diaryl/α,β-unsaturated/α-hetero) is 1. The fourth-order valence-corrected chi connectivity index (χ4v) is 1.98. The Morgan fingerprint density at radius 3 is 2.56 bits per heavy atom. The number of carboxylic acids is 1. The van der Waals surface area contributed by atoms with E-state index in [4.69, 9.17) is 5.11 Å². The summed E-state index contributed by atoms with van der Waals surface area (Å²) in [7, 11) is 0. The molecule has 1 rings (SSSR count). The lowest BCUT2D eigenvalue weighted by atomic mass is 9.98. The van der Waals surface area contributed by atoms with E-state index in [-0.39, 0.29) is 23.3 Å². The first-order valence-electron chi connectivity index (χ1n) is 4.71. The molecule has 2 N–H and O–H groups in total. The first-order valence-corrected chi connectivity index (χ1v) is 5.50. The Kier molecular flexibility index (Phi) is 4.20. The average molecular weight is 287 g/mol. The molecule has 0 fully saturated rings. The van der Waals surface area contributed by atoms with Gasteiger partial charge in [0.05, 0.1) is 0 Å². The second-order valence-corrected chi connectivity index (χ2v) is 4.08. The lowest BCUT2D eigenvalue weighted by Crippen LogP contribution is -2.15. The molecule has 86 valence electrons. The smallest absolute Gasteiger partial charge is 0.337 e. The maximum atomic E-state index is 11.6. The van der Waals surface area contributed by atoms with E-state index in [1.54, 1.807) is 19.1 Å². The van der Waals surface area contributed by atoms with E-state index in [9.17, 15) is 14.7 Å². The molecule has 0 bridgehead atoms. The van der Waals surface area contributed by atoms with Crippen LogP contribution in [0.15, 0.2) is 22.7 Å². The predicted molar refractivity (Wildman–Crippen MR) is 61.4 cm³/mol. The van der Waals surface area contributed by atoms with E-state index in [1.807, 2.05) is 0 Å². The number of aliphatic hydroxyl groups is 1. The maximum absolute atomic E-state index is 11.6. The molecule has 0 spiro atoms. The summed E-state index contributed by atoms with van der Waals surface area (Å²) in [5, 5.41) is 18.2. The van der Waals surface area contributed by atoms with Crippen LogP contribution in [-0.4, -0.2) is 22.0 Å². The van der Waals surface area contributed by atoms with Gasteiger partial charge in [-0.25, -0.2) is 4.79 Å². The second-order valence-electron chi connectivity index (χ2n) is 3.22. The van der Waals surface area contributed by atoms with Gasteiger partial charge in [0, 0.05) is 22.0 Å². The molecule has 1 aromatic carbocycles. The van der Waals surface area contributed by atoms with Gasteiger partial charge in [-0.15, -0.1) is 0 Å². The molecule has 0 aliphatic heterocycles. The summed E-state index contributed by atoms with van der Waals surface area (Å²) in [4.78, 5) is 22.3. The van der Waals surface area contributed by atoms with Crippen molar-refractivity contribution in [3.8, 4) is 0 Å². The Balaban J connectivity index is 3.33. The number of carbonyl (C=O) groups is 2. The fourth-order valence-electron chi connectivity index (χ4n) is 1.37. The lowest BCUT2D eigenvalue weighted by molar-refractivity contribution is -0.146. The number of benzene rings is 1. The van der Waals surface area contributed by atoms with Gasteiger partial charge in [0.2, 0.25) is 0 Å². The minimum Gasteiger partial charge on any atom is -0.479 e. The molecule has 1 unspecified atom stereocenters. The minimum absolute atomic E-state index is 0.119. The van der Waals surface area contributed by atoms with Crippen molar-refractivity contribution in [2.24, 2.45) is 0 Å². The third kappa shape index (κ3) is 2.48. The van der Waals surface area contributed by atoms with Gasteiger partial charge in [-0.1, -0.05) is 35.0 Å². The summed E-state index contributed by atoms with van der Waals surface area (Å²) >= 11 is 3.18. The van der Waals surface area contributed by atoms with E-state index in [1.165, 1.54) is 6.07 Å². The topological polar surface area (TPSA) is 74.6 Å². The van der Waals surface area contributed by atoms with Crippen LogP contribution in [0.25, 0.3) is 0 Å². The summed E-state index contributed by atoms with van der Waals surface area (Å²) in [6, 6.07) is 4.66. The Morgan fingerprint density at radius 1 is 1.44 bits per heavy atom. The third-order valence-corrected chi connectivity index (χ3v) is 2.84. The van der Waals surface area contributed by atoms with Gasteiger partial charge in [0.1, 0.15) is 0 Å². The first kappa shape index (κ1) is 12.9. The number of ketones is 1. The van der Waals surface area contributed by atoms with Crippen molar-refractivity contribution >= 4 is 27.7 Å². The Labute approximate surface area is 101 Å². The van der Waals surface area contributed by atoms with Crippen LogP contribution in [-0.2, 0) is 4.79 Å². The largest absolute Gasteiger partial charge is 0.479 e. The number of hydrogen-bond donors (Lipinski definition) is 2. The molecule has 0 saturated carbocycles. The number of aliphatic hydroxyl groups excluding tert-OH is 1. The molecule has 0 aliphatic carbocycles. The van der Waals surface area contributed by atoms with Crippen LogP contribution in [0.4, 0.5) is 0 Å². The van der Waals surface area contributed by atoms with Crippen molar-refractivity contribution in [3.63, 3.8) is 0 Å². The number of rotatable bonds is 4. The van der Waals surface area contributed by atoms with Crippen LogP contribution < -0.4 is 0 Å². The Bertz CT molecular complexity index is 428. The molecular weight excluding hydrogens is 276 g/mol. The van der Waals surface area contributed by atoms with E-state index in [2.05, 4.69) is 15.9 Å². The summed E-state index contributed by atoms with van der Waals surface area (Å²) in [5.74, 6) is -1.58. The normalized spacial score (nSPS) is 12.2. The molecule has 0 amide bonds. The molecule has 0 heterocycles. The van der Waals surface area contributed by atoms with Crippen molar-refractivity contribution < 1.29 is 19.8 Å². The highest BCUT2D eigenvalue weighted by Crippen LogP contribution is 2.27. The first-order chi connectivity index (χ1) is 7.49. The monoisotopic (exact) mass is 286 g/mol. The van der Waals surface area contributed by atoms with Crippen LogP contribution in [0.2, 0.25) is 0 Å². The van der Waals surface area contributed by atoms with Gasteiger partial charge in [-0.05, 0) is 6.07 Å². The van der Waals surface area contributed by atoms with Crippen LogP contribution in [0.5, 0.6) is 0 Å². The number of carbonyl (C=O) groups excluding carboxylic acids is 1. The highest BCUT2D eigenvalue weighted by Gasteiger charge is 2.23. The zero-order valence-corrected chi connectivity index (χ0v) is 10.2. The van der Waals surface area contributed by atoms with E-state index >= 15 is 0 Å².